The highest BCUT2D eigenvalue weighted by Gasteiger charge is 2.13. The second kappa shape index (κ2) is 9.98. The Kier molecular flexibility index (Phi) is 6.89. The third-order valence-corrected chi connectivity index (χ3v) is 4.26. The Hall–Kier alpha value is -3.74. The van der Waals surface area contributed by atoms with Gasteiger partial charge in [0.1, 0.15) is 0 Å². The zero-order valence-corrected chi connectivity index (χ0v) is 15.8. The largest absolute Gasteiger partial charge is 0.487 e. The van der Waals surface area contributed by atoms with Crippen molar-refractivity contribution in [2.24, 2.45) is 0 Å². The van der Waals surface area contributed by atoms with Gasteiger partial charge in [-0.2, -0.15) is 0 Å². The molecule has 3 rings (SSSR count). The number of pyridine rings is 1. The van der Waals surface area contributed by atoms with Crippen molar-refractivity contribution >= 4 is 17.3 Å². The fourth-order valence-corrected chi connectivity index (χ4v) is 2.81. The first-order valence-corrected chi connectivity index (χ1v) is 9.26. The third kappa shape index (κ3) is 6.14. The van der Waals surface area contributed by atoms with Crippen LogP contribution in [-0.2, 0) is 11.2 Å². The minimum atomic E-state index is -0.486. The van der Waals surface area contributed by atoms with Gasteiger partial charge in [-0.25, -0.2) is 0 Å². The van der Waals surface area contributed by atoms with E-state index in [1.807, 2.05) is 36.4 Å². The smallest absolute Gasteiger partial charge is 0.310 e. The Balaban J connectivity index is 1.42. The molecule has 1 amide bonds. The molecule has 0 aliphatic rings. The molecular weight excluding hydrogens is 370 g/mol. The summed E-state index contributed by atoms with van der Waals surface area (Å²) < 4.78 is 5.45. The van der Waals surface area contributed by atoms with Crippen molar-refractivity contribution < 1.29 is 14.5 Å². The summed E-state index contributed by atoms with van der Waals surface area (Å²) in [6, 6.07) is 17.8. The monoisotopic (exact) mass is 391 g/mol. The average Bonchev–Trinajstić information content (AvgIpc) is 2.73. The van der Waals surface area contributed by atoms with Crippen LogP contribution < -0.4 is 10.1 Å². The molecule has 0 radical (unpaired) electrons. The van der Waals surface area contributed by atoms with Gasteiger partial charge in [0.05, 0.1) is 11.5 Å². The normalized spacial score (nSPS) is 10.3. The second-order valence-electron chi connectivity index (χ2n) is 6.45. The van der Waals surface area contributed by atoms with Crippen molar-refractivity contribution in [3.05, 3.63) is 94.3 Å². The molecule has 0 bridgehead atoms. The van der Waals surface area contributed by atoms with Crippen LogP contribution in [0.4, 0.5) is 11.4 Å². The van der Waals surface area contributed by atoms with E-state index in [1.165, 1.54) is 11.6 Å². The average molecular weight is 391 g/mol. The second-order valence-corrected chi connectivity index (χ2v) is 6.45. The van der Waals surface area contributed by atoms with E-state index in [9.17, 15) is 14.9 Å². The molecule has 0 fully saturated rings. The number of carbonyl (C=O) groups excluding carboxylic acids is 1. The topological polar surface area (TPSA) is 94.4 Å². The number of hydrogen-bond donors (Lipinski definition) is 1. The lowest BCUT2D eigenvalue weighted by molar-refractivity contribution is -0.385. The molecule has 1 N–H and O–H groups in total. The molecule has 0 saturated carbocycles. The minimum Gasteiger partial charge on any atom is -0.487 e. The number of hydrogen-bond acceptors (Lipinski definition) is 5. The zero-order valence-electron chi connectivity index (χ0n) is 15.8. The molecule has 1 aromatic heterocycles. The highest BCUT2D eigenvalue weighted by atomic mass is 16.6. The first-order valence-electron chi connectivity index (χ1n) is 9.26. The van der Waals surface area contributed by atoms with Gasteiger partial charge in [-0.1, -0.05) is 24.3 Å². The first kappa shape index (κ1) is 20.0. The van der Waals surface area contributed by atoms with E-state index in [4.69, 9.17) is 4.74 Å². The van der Waals surface area contributed by atoms with E-state index in [-0.39, 0.29) is 30.4 Å². The molecular formula is C22H21N3O4. The number of anilines is 1. The molecule has 0 aliphatic heterocycles. The molecule has 2 aromatic carbocycles. The van der Waals surface area contributed by atoms with E-state index in [0.717, 1.165) is 17.7 Å². The van der Waals surface area contributed by atoms with Gasteiger partial charge < -0.3 is 10.1 Å². The van der Waals surface area contributed by atoms with Crippen molar-refractivity contribution in [2.75, 3.05) is 11.9 Å². The van der Waals surface area contributed by atoms with E-state index in [0.29, 0.717) is 6.42 Å². The van der Waals surface area contributed by atoms with Crippen molar-refractivity contribution in [3.8, 4) is 5.75 Å². The molecule has 7 heteroatoms. The standard InChI is InChI=1S/C22H21N3O4/c26-22(6-3-15-29-21-5-2-1-4-20(21)25(27)28)24-19-9-7-17(8-10-19)16-18-11-13-23-14-12-18/h1-2,4-5,7-14H,3,6,15-16H2,(H,24,26). The van der Waals surface area contributed by atoms with E-state index < -0.39 is 4.92 Å². The molecule has 0 spiro atoms. The Morgan fingerprint density at radius 2 is 1.69 bits per heavy atom. The maximum atomic E-state index is 12.1. The molecule has 148 valence electrons. The maximum Gasteiger partial charge on any atom is 0.310 e. The van der Waals surface area contributed by atoms with Gasteiger partial charge in [-0.15, -0.1) is 0 Å². The minimum absolute atomic E-state index is 0.0798. The van der Waals surface area contributed by atoms with Gasteiger partial charge in [-0.3, -0.25) is 19.9 Å². The van der Waals surface area contributed by atoms with E-state index in [2.05, 4.69) is 10.3 Å². The SMILES string of the molecule is O=C(CCCOc1ccccc1[N+](=O)[O-])Nc1ccc(Cc2ccncc2)cc1. The summed E-state index contributed by atoms with van der Waals surface area (Å²) in [6.45, 7) is 0.225. The summed E-state index contributed by atoms with van der Waals surface area (Å²) in [7, 11) is 0. The lowest BCUT2D eigenvalue weighted by Gasteiger charge is -2.08. The number of nitrogens with zero attached hydrogens (tertiary/aromatic N) is 2. The van der Waals surface area contributed by atoms with E-state index in [1.54, 1.807) is 30.6 Å². The van der Waals surface area contributed by atoms with Crippen LogP contribution >= 0.6 is 0 Å². The quantitative estimate of drug-likeness (QED) is 0.332. The summed E-state index contributed by atoms with van der Waals surface area (Å²) in [5, 5.41) is 13.8. The van der Waals surface area contributed by atoms with Crippen LogP contribution in [0.25, 0.3) is 0 Å². The van der Waals surface area contributed by atoms with Crippen LogP contribution in [0.5, 0.6) is 5.75 Å². The summed E-state index contributed by atoms with van der Waals surface area (Å²) in [4.78, 5) is 26.6. The fourth-order valence-electron chi connectivity index (χ4n) is 2.81. The number of nitro groups is 1. The van der Waals surface area contributed by atoms with Crippen LogP contribution in [0.15, 0.2) is 73.1 Å². The molecule has 0 saturated heterocycles. The third-order valence-electron chi connectivity index (χ3n) is 4.26. The zero-order chi connectivity index (χ0) is 20.5. The van der Waals surface area contributed by atoms with Crippen LogP contribution in [0.2, 0.25) is 0 Å². The Morgan fingerprint density at radius 1 is 1.00 bits per heavy atom. The Bertz CT molecular complexity index is 959. The number of rotatable bonds is 9. The van der Waals surface area contributed by atoms with Crippen LogP contribution in [0.1, 0.15) is 24.0 Å². The van der Waals surface area contributed by atoms with Crippen molar-refractivity contribution in [2.45, 2.75) is 19.3 Å². The number of ether oxygens (including phenoxy) is 1. The Morgan fingerprint density at radius 3 is 2.41 bits per heavy atom. The number of benzene rings is 2. The van der Waals surface area contributed by atoms with Crippen LogP contribution in [-0.4, -0.2) is 22.4 Å². The van der Waals surface area contributed by atoms with Gasteiger partial charge in [0.15, 0.2) is 5.75 Å². The van der Waals surface area contributed by atoms with Crippen LogP contribution in [0.3, 0.4) is 0 Å². The Labute approximate surface area is 168 Å². The molecule has 3 aromatic rings. The number of nitro benzene ring substituents is 1. The lowest BCUT2D eigenvalue weighted by Crippen LogP contribution is -2.13. The summed E-state index contributed by atoms with van der Waals surface area (Å²) in [6.07, 6.45) is 5.06. The van der Waals surface area contributed by atoms with Gasteiger partial charge in [0.25, 0.3) is 0 Å². The predicted molar refractivity (Wildman–Crippen MR) is 110 cm³/mol. The summed E-state index contributed by atoms with van der Waals surface area (Å²) in [5.41, 5.74) is 2.97. The van der Waals surface area contributed by atoms with Crippen molar-refractivity contribution in [3.63, 3.8) is 0 Å². The number of carbonyl (C=O) groups is 1. The lowest BCUT2D eigenvalue weighted by atomic mass is 10.1. The molecule has 7 nitrogen and oxygen atoms in total. The summed E-state index contributed by atoms with van der Waals surface area (Å²) in [5.74, 6) is 0.0840. The van der Waals surface area contributed by atoms with Gasteiger partial charge in [-0.05, 0) is 54.3 Å². The predicted octanol–water partition coefficient (Wildman–Crippen LogP) is 4.38. The van der Waals surface area contributed by atoms with Crippen LogP contribution in [0, 0.1) is 10.1 Å². The highest BCUT2D eigenvalue weighted by Crippen LogP contribution is 2.25. The molecule has 0 aliphatic carbocycles. The fraction of sp³-hybridized carbons (Fsp3) is 0.182. The molecule has 0 atom stereocenters. The van der Waals surface area contributed by atoms with Crippen molar-refractivity contribution in [1.82, 2.24) is 4.98 Å². The number of para-hydroxylation sites is 2. The number of amides is 1. The van der Waals surface area contributed by atoms with Gasteiger partial charge in [0, 0.05) is 30.6 Å². The molecule has 1 heterocycles. The first-order chi connectivity index (χ1) is 14.1. The van der Waals surface area contributed by atoms with Gasteiger partial charge in [0.2, 0.25) is 5.91 Å². The number of nitrogens with one attached hydrogen (secondary N) is 1. The highest BCUT2D eigenvalue weighted by molar-refractivity contribution is 5.90. The number of aromatic nitrogens is 1. The maximum absolute atomic E-state index is 12.1. The van der Waals surface area contributed by atoms with Crippen molar-refractivity contribution in [1.29, 1.82) is 0 Å². The molecule has 0 unspecified atom stereocenters. The molecule has 29 heavy (non-hydrogen) atoms. The van der Waals surface area contributed by atoms with Gasteiger partial charge >= 0.3 is 5.69 Å². The summed E-state index contributed by atoms with van der Waals surface area (Å²) >= 11 is 0. The van der Waals surface area contributed by atoms with E-state index >= 15 is 0 Å².